The second kappa shape index (κ2) is 13.8. The van der Waals surface area contributed by atoms with Gasteiger partial charge in [0.2, 0.25) is 5.91 Å². The average molecular weight is 497 g/mol. The summed E-state index contributed by atoms with van der Waals surface area (Å²) in [5.41, 5.74) is 6.05. The molecular formula is C33H40N2O2. The number of nitrogens with zero attached hydrogens (tertiary/aromatic N) is 2. The molecule has 0 atom stereocenters. The highest BCUT2D eigenvalue weighted by atomic mass is 16.5. The topological polar surface area (TPSA) is 32.8 Å². The first kappa shape index (κ1) is 26.7. The van der Waals surface area contributed by atoms with E-state index >= 15 is 0 Å². The Morgan fingerprint density at radius 3 is 1.97 bits per heavy atom. The van der Waals surface area contributed by atoms with Crippen LogP contribution in [-0.2, 0) is 4.79 Å². The quantitative estimate of drug-likeness (QED) is 0.275. The van der Waals surface area contributed by atoms with Crippen molar-refractivity contribution in [1.82, 2.24) is 9.80 Å². The predicted octanol–water partition coefficient (Wildman–Crippen LogP) is 6.77. The Morgan fingerprint density at radius 2 is 1.35 bits per heavy atom. The number of carbonyl (C=O) groups is 1. The second-order valence-corrected chi connectivity index (χ2v) is 10.1. The fourth-order valence-electron chi connectivity index (χ4n) is 4.95. The maximum absolute atomic E-state index is 12.9. The number of rotatable bonds is 11. The molecule has 1 heterocycles. The third kappa shape index (κ3) is 7.80. The normalized spacial score (nSPS) is 14.4. The summed E-state index contributed by atoms with van der Waals surface area (Å²) in [4.78, 5) is 17.1. The Bertz CT molecular complexity index is 1130. The maximum atomic E-state index is 12.9. The molecule has 1 saturated heterocycles. The van der Waals surface area contributed by atoms with Crippen molar-refractivity contribution in [1.29, 1.82) is 0 Å². The second-order valence-electron chi connectivity index (χ2n) is 10.1. The first-order chi connectivity index (χ1) is 18.1. The summed E-state index contributed by atoms with van der Waals surface area (Å²) in [6.07, 6.45) is 5.78. The maximum Gasteiger partial charge on any atom is 0.222 e. The first-order valence-electron chi connectivity index (χ1n) is 13.6. The average Bonchev–Trinajstić information content (AvgIpc) is 2.94. The first-order valence-corrected chi connectivity index (χ1v) is 13.6. The van der Waals surface area contributed by atoms with Gasteiger partial charge in [0.25, 0.3) is 0 Å². The van der Waals surface area contributed by atoms with Crippen LogP contribution in [0.3, 0.4) is 0 Å². The fraction of sp³-hybridized carbons (Fsp3) is 0.364. The molecule has 1 aliphatic heterocycles. The molecular weight excluding hydrogens is 456 g/mol. The Balaban J connectivity index is 1.63. The lowest BCUT2D eigenvalue weighted by Crippen LogP contribution is -2.35. The predicted molar refractivity (Wildman–Crippen MR) is 154 cm³/mol. The number of likely N-dealkylation sites (tertiary alicyclic amines) is 1. The molecule has 0 aromatic heterocycles. The van der Waals surface area contributed by atoms with E-state index in [1.165, 1.54) is 28.7 Å². The van der Waals surface area contributed by atoms with Crippen LogP contribution < -0.4 is 4.74 Å². The molecule has 3 aromatic carbocycles. The molecule has 1 aliphatic rings. The highest BCUT2D eigenvalue weighted by Gasteiger charge is 2.18. The van der Waals surface area contributed by atoms with E-state index < -0.39 is 0 Å². The van der Waals surface area contributed by atoms with Gasteiger partial charge in [0.05, 0.1) is 0 Å². The summed E-state index contributed by atoms with van der Waals surface area (Å²) >= 11 is 0. The lowest BCUT2D eigenvalue weighted by Gasteiger charge is -2.27. The molecule has 0 unspecified atom stereocenters. The van der Waals surface area contributed by atoms with E-state index in [0.29, 0.717) is 18.9 Å². The molecule has 3 aromatic rings. The van der Waals surface area contributed by atoms with Gasteiger partial charge in [-0.05, 0) is 86.2 Å². The number of benzene rings is 3. The van der Waals surface area contributed by atoms with Crippen LogP contribution in [0, 0.1) is 0 Å². The van der Waals surface area contributed by atoms with Gasteiger partial charge in [0, 0.05) is 26.1 Å². The van der Waals surface area contributed by atoms with E-state index in [1.807, 2.05) is 0 Å². The number of ether oxygens (including phenoxy) is 1. The number of amides is 1. The Kier molecular flexibility index (Phi) is 9.96. The van der Waals surface area contributed by atoms with Crippen LogP contribution in [-0.4, -0.2) is 56.0 Å². The molecule has 0 saturated carbocycles. The Labute approximate surface area is 222 Å². The van der Waals surface area contributed by atoms with Crippen LogP contribution in [0.5, 0.6) is 5.75 Å². The fourth-order valence-corrected chi connectivity index (χ4v) is 4.95. The van der Waals surface area contributed by atoms with Crippen molar-refractivity contribution in [2.45, 2.75) is 38.5 Å². The minimum absolute atomic E-state index is 0.299. The van der Waals surface area contributed by atoms with E-state index in [1.54, 1.807) is 0 Å². The van der Waals surface area contributed by atoms with Gasteiger partial charge in [-0.2, -0.15) is 0 Å². The monoisotopic (exact) mass is 496 g/mol. The van der Waals surface area contributed by atoms with Gasteiger partial charge in [0.1, 0.15) is 12.4 Å². The van der Waals surface area contributed by atoms with Crippen molar-refractivity contribution in [3.05, 3.63) is 102 Å². The van der Waals surface area contributed by atoms with Crippen LogP contribution in [0.25, 0.3) is 11.1 Å². The molecule has 37 heavy (non-hydrogen) atoms. The molecule has 1 fully saturated rings. The Morgan fingerprint density at radius 1 is 0.757 bits per heavy atom. The van der Waals surface area contributed by atoms with Crippen molar-refractivity contribution in [3.63, 3.8) is 0 Å². The molecule has 0 aliphatic carbocycles. The molecule has 0 spiro atoms. The van der Waals surface area contributed by atoms with Crippen molar-refractivity contribution in [3.8, 4) is 5.75 Å². The van der Waals surface area contributed by atoms with Crippen LogP contribution in [0.1, 0.15) is 55.2 Å². The van der Waals surface area contributed by atoms with Gasteiger partial charge < -0.3 is 14.5 Å². The summed E-state index contributed by atoms with van der Waals surface area (Å²) in [5.74, 6) is 1.18. The summed E-state index contributed by atoms with van der Waals surface area (Å²) in [6, 6.07) is 29.7. The molecule has 4 nitrogen and oxygen atoms in total. The highest BCUT2D eigenvalue weighted by Crippen LogP contribution is 2.36. The minimum Gasteiger partial charge on any atom is -0.492 e. The van der Waals surface area contributed by atoms with Crippen molar-refractivity contribution in [2.24, 2.45) is 0 Å². The zero-order valence-electron chi connectivity index (χ0n) is 22.4. The van der Waals surface area contributed by atoms with E-state index in [4.69, 9.17) is 4.74 Å². The summed E-state index contributed by atoms with van der Waals surface area (Å²) in [7, 11) is 4.10. The van der Waals surface area contributed by atoms with Crippen molar-refractivity contribution >= 4 is 17.1 Å². The molecule has 4 rings (SSSR count). The van der Waals surface area contributed by atoms with Gasteiger partial charge in [-0.3, -0.25) is 4.79 Å². The number of hydrogen-bond donors (Lipinski definition) is 0. The summed E-state index contributed by atoms with van der Waals surface area (Å²) in [5, 5.41) is 0. The van der Waals surface area contributed by atoms with Crippen LogP contribution in [0.4, 0.5) is 0 Å². The van der Waals surface area contributed by atoms with Crippen LogP contribution in [0.15, 0.2) is 84.9 Å². The zero-order valence-corrected chi connectivity index (χ0v) is 22.4. The van der Waals surface area contributed by atoms with Gasteiger partial charge in [0.15, 0.2) is 0 Å². The van der Waals surface area contributed by atoms with Gasteiger partial charge in [-0.15, -0.1) is 0 Å². The van der Waals surface area contributed by atoms with E-state index in [-0.39, 0.29) is 0 Å². The third-order valence-corrected chi connectivity index (χ3v) is 6.96. The van der Waals surface area contributed by atoms with Crippen molar-refractivity contribution in [2.75, 3.05) is 40.3 Å². The van der Waals surface area contributed by atoms with E-state index in [0.717, 1.165) is 56.6 Å². The SMILES string of the molecule is CN(C)CCOc1ccc(/C(=C(/CCCC(=O)N2CCCCC2)c2ccccc2)c2ccccc2)cc1. The van der Waals surface area contributed by atoms with E-state index in [9.17, 15) is 4.79 Å². The summed E-state index contributed by atoms with van der Waals surface area (Å²) in [6.45, 7) is 3.37. The molecule has 194 valence electrons. The van der Waals surface area contributed by atoms with Gasteiger partial charge in [-0.1, -0.05) is 72.8 Å². The zero-order chi connectivity index (χ0) is 25.9. The lowest BCUT2D eigenvalue weighted by atomic mass is 9.87. The lowest BCUT2D eigenvalue weighted by molar-refractivity contribution is -0.132. The van der Waals surface area contributed by atoms with E-state index in [2.05, 4.69) is 109 Å². The van der Waals surface area contributed by atoms with Crippen molar-refractivity contribution < 1.29 is 9.53 Å². The largest absolute Gasteiger partial charge is 0.492 e. The number of allylic oxidation sites excluding steroid dienone is 1. The minimum atomic E-state index is 0.299. The molecule has 4 heteroatoms. The highest BCUT2D eigenvalue weighted by molar-refractivity contribution is 5.98. The van der Waals surface area contributed by atoms with Crippen LogP contribution in [0.2, 0.25) is 0 Å². The number of likely N-dealkylation sites (N-methyl/N-ethyl adjacent to an activating group) is 1. The van der Waals surface area contributed by atoms with Gasteiger partial charge >= 0.3 is 0 Å². The third-order valence-electron chi connectivity index (χ3n) is 6.96. The number of carbonyl (C=O) groups excluding carboxylic acids is 1. The number of piperidine rings is 1. The molecule has 0 radical (unpaired) electrons. The molecule has 0 bridgehead atoms. The number of hydrogen-bond acceptors (Lipinski definition) is 3. The molecule has 0 N–H and O–H groups in total. The summed E-state index contributed by atoms with van der Waals surface area (Å²) < 4.78 is 5.95. The molecule has 1 amide bonds. The van der Waals surface area contributed by atoms with Crippen LogP contribution >= 0.6 is 0 Å². The standard InChI is InChI=1S/C33H40N2O2/c1-34(2)25-26-37-30-21-19-29(20-22-30)33(28-15-8-4-9-16-28)31(27-13-6-3-7-14-27)17-12-18-32(36)35-23-10-5-11-24-35/h3-4,6-9,13-16,19-22H,5,10-12,17-18,23-26H2,1-2H3/b33-31-. The van der Waals surface area contributed by atoms with Gasteiger partial charge in [-0.25, -0.2) is 0 Å². The smallest absolute Gasteiger partial charge is 0.222 e. The Hall–Kier alpha value is -3.37.